The first-order valence-corrected chi connectivity index (χ1v) is 18.3. The highest BCUT2D eigenvalue weighted by molar-refractivity contribution is 6.16. The summed E-state index contributed by atoms with van der Waals surface area (Å²) in [6.07, 6.45) is 0. The molecule has 0 saturated heterocycles. The zero-order valence-corrected chi connectivity index (χ0v) is 29.5. The average molecular weight is 700 g/mol. The molecule has 5 heteroatoms. The van der Waals surface area contributed by atoms with Crippen LogP contribution in [0.4, 0.5) is 0 Å². The Labute approximate surface area is 316 Å². The highest BCUT2D eigenvalue weighted by Gasteiger charge is 2.21. The molecule has 3 heterocycles. The van der Waals surface area contributed by atoms with Gasteiger partial charge in [0, 0.05) is 49.3 Å². The molecule has 0 aliphatic heterocycles. The summed E-state index contributed by atoms with van der Waals surface area (Å²) in [5.74, 6) is 0. The fraction of sp³-hybridized carbons (Fsp3) is 0. The van der Waals surface area contributed by atoms with Gasteiger partial charge in [-0.15, -0.1) is 0 Å². The van der Waals surface area contributed by atoms with Crippen LogP contribution in [0.1, 0.15) is 11.1 Å². The number of nitrogens with zero attached hydrogens (tertiary/aromatic N) is 5. The van der Waals surface area contributed by atoms with Gasteiger partial charge in [0.05, 0.1) is 56.0 Å². The average Bonchev–Trinajstić information content (AvgIpc) is 3.89. The summed E-state index contributed by atoms with van der Waals surface area (Å²) < 4.78 is 6.89. The normalized spacial score (nSPS) is 11.6. The summed E-state index contributed by atoms with van der Waals surface area (Å²) in [5, 5.41) is 27.5. The number of fused-ring (bicyclic) bond motifs is 9. The van der Waals surface area contributed by atoms with E-state index in [4.69, 9.17) is 0 Å². The van der Waals surface area contributed by atoms with Crippen molar-refractivity contribution in [3.8, 4) is 40.3 Å². The molecule has 0 fully saturated rings. The minimum Gasteiger partial charge on any atom is -0.309 e. The van der Waals surface area contributed by atoms with Crippen LogP contribution in [0, 0.1) is 22.7 Å². The second-order valence-corrected chi connectivity index (χ2v) is 14.0. The van der Waals surface area contributed by atoms with Gasteiger partial charge in [-0.3, -0.25) is 0 Å². The summed E-state index contributed by atoms with van der Waals surface area (Å²) >= 11 is 0. The molecule has 0 aliphatic carbocycles. The molecule has 0 amide bonds. The van der Waals surface area contributed by atoms with Crippen molar-refractivity contribution in [1.82, 2.24) is 13.7 Å². The summed E-state index contributed by atoms with van der Waals surface area (Å²) in [4.78, 5) is 0. The predicted octanol–water partition coefficient (Wildman–Crippen LogP) is 12.4. The van der Waals surface area contributed by atoms with Gasteiger partial charge in [0.2, 0.25) is 0 Å². The second-order valence-electron chi connectivity index (χ2n) is 14.0. The Bertz CT molecular complexity index is 3420. The van der Waals surface area contributed by atoms with Gasteiger partial charge in [-0.2, -0.15) is 10.5 Å². The maximum atomic E-state index is 10.4. The Hall–Kier alpha value is -7.86. The quantitative estimate of drug-likeness (QED) is 0.184. The Morgan fingerprint density at radius 3 is 1.58 bits per heavy atom. The van der Waals surface area contributed by atoms with Crippen LogP contribution < -0.4 is 0 Å². The van der Waals surface area contributed by atoms with Gasteiger partial charge < -0.3 is 13.7 Å². The monoisotopic (exact) mass is 699 g/mol. The SMILES string of the molecule is N#Cc1ccc(-n2c3ccccc3c3cccc(C#N)c32)cc1-c1cccc(-n2c3ccccc3c3c(-n4c5ccccc5c5ccccc54)cccc32)c1. The van der Waals surface area contributed by atoms with E-state index in [1.54, 1.807) is 0 Å². The molecule has 0 bridgehead atoms. The first kappa shape index (κ1) is 30.7. The summed E-state index contributed by atoms with van der Waals surface area (Å²) in [6, 6.07) is 65.9. The maximum absolute atomic E-state index is 10.4. The van der Waals surface area contributed by atoms with Crippen LogP contribution in [0.25, 0.3) is 93.6 Å². The number of para-hydroxylation sites is 5. The van der Waals surface area contributed by atoms with Gasteiger partial charge >= 0.3 is 0 Å². The van der Waals surface area contributed by atoms with Crippen molar-refractivity contribution in [2.75, 3.05) is 0 Å². The third-order valence-corrected chi connectivity index (χ3v) is 11.1. The fourth-order valence-electron chi connectivity index (χ4n) is 8.84. The van der Waals surface area contributed by atoms with Crippen molar-refractivity contribution in [2.45, 2.75) is 0 Å². The number of hydrogen-bond acceptors (Lipinski definition) is 2. The van der Waals surface area contributed by atoms with E-state index in [9.17, 15) is 10.5 Å². The number of nitriles is 2. The van der Waals surface area contributed by atoms with Crippen molar-refractivity contribution in [3.05, 3.63) is 187 Å². The zero-order valence-electron chi connectivity index (χ0n) is 29.5. The van der Waals surface area contributed by atoms with Crippen molar-refractivity contribution in [3.63, 3.8) is 0 Å². The molecule has 0 spiro atoms. The molecule has 11 aromatic rings. The Morgan fingerprint density at radius 1 is 0.364 bits per heavy atom. The number of aromatic nitrogens is 3. The molecule has 8 aromatic carbocycles. The van der Waals surface area contributed by atoms with Crippen LogP contribution in [-0.2, 0) is 0 Å². The van der Waals surface area contributed by atoms with Gasteiger partial charge in [0.25, 0.3) is 0 Å². The van der Waals surface area contributed by atoms with Crippen LogP contribution in [0.15, 0.2) is 176 Å². The molecular weight excluding hydrogens is 671 g/mol. The van der Waals surface area contributed by atoms with Crippen LogP contribution in [-0.4, -0.2) is 13.7 Å². The summed E-state index contributed by atoms with van der Waals surface area (Å²) in [5.41, 5.74) is 12.4. The molecule has 0 saturated carbocycles. The number of benzene rings is 8. The molecule has 0 radical (unpaired) electrons. The van der Waals surface area contributed by atoms with Gasteiger partial charge in [-0.05, 0) is 78.4 Å². The molecule has 0 aliphatic rings. The molecule has 0 atom stereocenters. The van der Waals surface area contributed by atoms with Crippen molar-refractivity contribution < 1.29 is 0 Å². The van der Waals surface area contributed by atoms with E-state index in [2.05, 4.69) is 165 Å². The Morgan fingerprint density at radius 2 is 0.891 bits per heavy atom. The first-order valence-electron chi connectivity index (χ1n) is 18.3. The highest BCUT2D eigenvalue weighted by atomic mass is 15.0. The minimum absolute atomic E-state index is 0.582. The van der Waals surface area contributed by atoms with E-state index in [0.29, 0.717) is 11.1 Å². The number of rotatable bonds is 4. The molecule has 5 nitrogen and oxygen atoms in total. The van der Waals surface area contributed by atoms with Gasteiger partial charge in [0.15, 0.2) is 0 Å². The van der Waals surface area contributed by atoms with Crippen LogP contribution >= 0.6 is 0 Å². The van der Waals surface area contributed by atoms with E-state index >= 15 is 0 Å². The third kappa shape index (κ3) is 4.39. The van der Waals surface area contributed by atoms with E-state index in [1.165, 1.54) is 32.6 Å². The molecular formula is C50H29N5. The predicted molar refractivity (Wildman–Crippen MR) is 224 cm³/mol. The van der Waals surface area contributed by atoms with Crippen LogP contribution in [0.5, 0.6) is 0 Å². The van der Waals surface area contributed by atoms with Gasteiger partial charge in [-0.1, -0.05) is 103 Å². The Kier molecular flexibility index (Phi) is 6.61. The highest BCUT2D eigenvalue weighted by Crippen LogP contribution is 2.41. The lowest BCUT2D eigenvalue weighted by atomic mass is 9.98. The van der Waals surface area contributed by atoms with Crippen molar-refractivity contribution in [2.24, 2.45) is 0 Å². The topological polar surface area (TPSA) is 62.4 Å². The second kappa shape index (κ2) is 11.8. The third-order valence-electron chi connectivity index (χ3n) is 11.1. The van der Waals surface area contributed by atoms with E-state index in [0.717, 1.165) is 61.0 Å². The fourth-order valence-corrected chi connectivity index (χ4v) is 8.84. The smallest absolute Gasteiger partial charge is 0.101 e. The molecule has 254 valence electrons. The van der Waals surface area contributed by atoms with Crippen LogP contribution in [0.3, 0.4) is 0 Å². The first-order chi connectivity index (χ1) is 27.2. The lowest BCUT2D eigenvalue weighted by Gasteiger charge is -2.14. The largest absolute Gasteiger partial charge is 0.309 e. The molecule has 0 N–H and O–H groups in total. The molecule has 0 unspecified atom stereocenters. The van der Waals surface area contributed by atoms with Gasteiger partial charge in [0.1, 0.15) is 6.07 Å². The van der Waals surface area contributed by atoms with Crippen molar-refractivity contribution >= 4 is 65.4 Å². The van der Waals surface area contributed by atoms with E-state index in [1.807, 2.05) is 36.4 Å². The maximum Gasteiger partial charge on any atom is 0.101 e. The lowest BCUT2D eigenvalue weighted by Crippen LogP contribution is -1.99. The van der Waals surface area contributed by atoms with Crippen LogP contribution in [0.2, 0.25) is 0 Å². The van der Waals surface area contributed by atoms with Crippen molar-refractivity contribution in [1.29, 1.82) is 10.5 Å². The standard InChI is InChI=1S/C50H29N5/c51-30-33-26-27-36(54-43-20-5-3-17-39(43)40-19-10-13-34(31-52)50(40)54)29-42(33)32-12-9-14-35(28-32)53-46-23-8-4-18-41(46)49-47(53)24-11-25-48(49)55-44-21-6-1-15-37(44)38-16-2-7-22-45(38)55/h1-29H. The molecule has 3 aromatic heterocycles. The molecule has 11 rings (SSSR count). The minimum atomic E-state index is 0.582. The summed E-state index contributed by atoms with van der Waals surface area (Å²) in [7, 11) is 0. The molecule has 55 heavy (non-hydrogen) atoms. The summed E-state index contributed by atoms with van der Waals surface area (Å²) in [6.45, 7) is 0. The van der Waals surface area contributed by atoms with Gasteiger partial charge in [-0.25, -0.2) is 0 Å². The Balaban J connectivity index is 1.14. The van der Waals surface area contributed by atoms with E-state index in [-0.39, 0.29) is 0 Å². The number of hydrogen-bond donors (Lipinski definition) is 0. The lowest BCUT2D eigenvalue weighted by molar-refractivity contribution is 1.17. The van der Waals surface area contributed by atoms with E-state index < -0.39 is 0 Å². The zero-order chi connectivity index (χ0) is 36.6.